The van der Waals surface area contributed by atoms with Crippen LogP contribution in [-0.4, -0.2) is 44.1 Å². The van der Waals surface area contributed by atoms with Gasteiger partial charge in [0.05, 0.1) is 0 Å². The second-order valence-electron chi connectivity index (χ2n) is 6.09. The Morgan fingerprint density at radius 2 is 2.05 bits per heavy atom. The molecule has 1 heterocycles. The van der Waals surface area contributed by atoms with Gasteiger partial charge in [-0.25, -0.2) is 0 Å². The Bertz CT molecular complexity index is 442. The SMILES string of the molecule is CC(C)(C)OC(=O)N1CCCC1C[Se]c1ccccc1. The van der Waals surface area contributed by atoms with E-state index in [1.165, 1.54) is 4.46 Å². The Kier molecular flexibility index (Phi) is 5.11. The van der Waals surface area contributed by atoms with Crippen molar-refractivity contribution >= 4 is 25.5 Å². The Morgan fingerprint density at radius 1 is 1.35 bits per heavy atom. The monoisotopic (exact) mass is 341 g/mol. The summed E-state index contributed by atoms with van der Waals surface area (Å²) < 4.78 is 6.90. The topological polar surface area (TPSA) is 29.5 Å². The predicted octanol–water partition coefficient (Wildman–Crippen LogP) is 2.83. The van der Waals surface area contributed by atoms with Crippen LogP contribution in [0, 0.1) is 0 Å². The van der Waals surface area contributed by atoms with Gasteiger partial charge in [-0.05, 0) is 0 Å². The summed E-state index contributed by atoms with van der Waals surface area (Å²) in [5.74, 6) is 0. The third kappa shape index (κ3) is 4.53. The van der Waals surface area contributed by atoms with Gasteiger partial charge in [-0.2, -0.15) is 0 Å². The van der Waals surface area contributed by atoms with Crippen LogP contribution in [0.4, 0.5) is 4.79 Å². The van der Waals surface area contributed by atoms with Crippen molar-refractivity contribution in [1.29, 1.82) is 0 Å². The van der Waals surface area contributed by atoms with Crippen LogP contribution in [0.2, 0.25) is 5.32 Å². The van der Waals surface area contributed by atoms with Gasteiger partial charge >= 0.3 is 127 Å². The Balaban J connectivity index is 1.89. The summed E-state index contributed by atoms with van der Waals surface area (Å²) in [5.41, 5.74) is -0.408. The third-order valence-corrected chi connectivity index (χ3v) is 5.62. The number of likely N-dealkylation sites (tertiary alicyclic amines) is 1. The molecular weight excluding hydrogens is 317 g/mol. The number of carbonyl (C=O) groups is 1. The molecule has 0 N–H and O–H groups in total. The van der Waals surface area contributed by atoms with Crippen LogP contribution >= 0.6 is 0 Å². The van der Waals surface area contributed by atoms with Crippen LogP contribution in [0.15, 0.2) is 30.3 Å². The molecule has 1 aromatic carbocycles. The number of hydrogen-bond donors (Lipinski definition) is 0. The summed E-state index contributed by atoms with van der Waals surface area (Å²) in [5, 5.41) is 1.08. The fraction of sp³-hybridized carbons (Fsp3) is 0.562. The van der Waals surface area contributed by atoms with E-state index in [4.69, 9.17) is 4.74 Å². The van der Waals surface area contributed by atoms with Crippen LogP contribution < -0.4 is 4.46 Å². The number of amides is 1. The summed E-state index contributed by atoms with van der Waals surface area (Å²) in [6, 6.07) is 10.9. The molecular formula is C16H23NO2Se. The van der Waals surface area contributed by atoms with E-state index in [9.17, 15) is 4.79 Å². The van der Waals surface area contributed by atoms with E-state index in [-0.39, 0.29) is 6.09 Å². The first-order chi connectivity index (χ1) is 9.46. The first kappa shape index (κ1) is 15.4. The van der Waals surface area contributed by atoms with Gasteiger partial charge in [0.2, 0.25) is 0 Å². The van der Waals surface area contributed by atoms with Crippen LogP contribution in [0.1, 0.15) is 33.6 Å². The number of nitrogens with zero attached hydrogens (tertiary/aromatic N) is 1. The maximum atomic E-state index is 12.2. The molecule has 4 heteroatoms. The number of benzene rings is 1. The van der Waals surface area contributed by atoms with Gasteiger partial charge in [0.15, 0.2) is 0 Å². The Hall–Kier alpha value is -0.991. The molecule has 0 spiro atoms. The van der Waals surface area contributed by atoms with Crippen molar-refractivity contribution in [2.45, 2.75) is 50.6 Å². The van der Waals surface area contributed by atoms with Gasteiger partial charge in [0.25, 0.3) is 0 Å². The second-order valence-corrected chi connectivity index (χ2v) is 8.39. The minimum atomic E-state index is -0.408. The fourth-order valence-electron chi connectivity index (χ4n) is 2.28. The van der Waals surface area contributed by atoms with Gasteiger partial charge in [-0.1, -0.05) is 0 Å². The molecule has 1 fully saturated rings. The zero-order chi connectivity index (χ0) is 14.6. The second kappa shape index (κ2) is 6.64. The standard InChI is InChI=1S/C16H23NO2Se/c1-16(2,3)19-15(18)17-11-7-8-13(17)12-20-14-9-5-4-6-10-14/h4-6,9-10,13H,7-8,11-12H2,1-3H3. The summed E-state index contributed by atoms with van der Waals surface area (Å²) in [6.45, 7) is 6.60. The van der Waals surface area contributed by atoms with Crippen molar-refractivity contribution < 1.29 is 9.53 Å². The quantitative estimate of drug-likeness (QED) is 0.792. The third-order valence-electron chi connectivity index (χ3n) is 3.19. The van der Waals surface area contributed by atoms with Gasteiger partial charge in [-0.3, -0.25) is 0 Å². The predicted molar refractivity (Wildman–Crippen MR) is 82.6 cm³/mol. The molecule has 1 aromatic rings. The molecule has 1 amide bonds. The van der Waals surface area contributed by atoms with Crippen molar-refractivity contribution in [1.82, 2.24) is 4.90 Å². The molecule has 1 aliphatic heterocycles. The molecule has 1 aliphatic rings. The average molecular weight is 340 g/mol. The molecule has 1 saturated heterocycles. The van der Waals surface area contributed by atoms with Crippen molar-refractivity contribution in [2.75, 3.05) is 6.54 Å². The molecule has 110 valence electrons. The molecule has 1 atom stereocenters. The number of hydrogen-bond acceptors (Lipinski definition) is 2. The molecule has 20 heavy (non-hydrogen) atoms. The molecule has 2 rings (SSSR count). The molecule has 0 aromatic heterocycles. The summed E-state index contributed by atoms with van der Waals surface area (Å²) in [4.78, 5) is 14.1. The fourth-order valence-corrected chi connectivity index (χ4v) is 4.55. The van der Waals surface area contributed by atoms with Gasteiger partial charge < -0.3 is 0 Å². The van der Waals surface area contributed by atoms with Crippen molar-refractivity contribution in [3.8, 4) is 0 Å². The van der Waals surface area contributed by atoms with E-state index in [2.05, 4.69) is 24.3 Å². The molecule has 1 unspecified atom stereocenters. The van der Waals surface area contributed by atoms with E-state index in [1.54, 1.807) is 0 Å². The summed E-state index contributed by atoms with van der Waals surface area (Å²) in [7, 11) is 0. The summed E-state index contributed by atoms with van der Waals surface area (Å²) >= 11 is 0.427. The van der Waals surface area contributed by atoms with Crippen LogP contribution in [0.25, 0.3) is 0 Å². The first-order valence-electron chi connectivity index (χ1n) is 7.13. The van der Waals surface area contributed by atoms with Crippen LogP contribution in [0.5, 0.6) is 0 Å². The van der Waals surface area contributed by atoms with Gasteiger partial charge in [-0.15, -0.1) is 0 Å². The van der Waals surface area contributed by atoms with E-state index in [0.717, 1.165) is 24.7 Å². The average Bonchev–Trinajstić information content (AvgIpc) is 2.84. The molecule has 3 nitrogen and oxygen atoms in total. The Labute approximate surface area is 127 Å². The normalized spacial score (nSPS) is 19.1. The van der Waals surface area contributed by atoms with Crippen molar-refractivity contribution in [3.63, 3.8) is 0 Å². The van der Waals surface area contributed by atoms with Crippen LogP contribution in [-0.2, 0) is 4.74 Å². The Morgan fingerprint density at radius 3 is 2.70 bits per heavy atom. The molecule has 0 aliphatic carbocycles. The van der Waals surface area contributed by atoms with E-state index in [0.29, 0.717) is 21.0 Å². The summed E-state index contributed by atoms with van der Waals surface area (Å²) in [6.07, 6.45) is 2.05. The van der Waals surface area contributed by atoms with Crippen LogP contribution in [0.3, 0.4) is 0 Å². The van der Waals surface area contributed by atoms with Crippen molar-refractivity contribution in [2.24, 2.45) is 0 Å². The first-order valence-corrected chi connectivity index (χ1v) is 9.20. The number of ether oxygens (including phenoxy) is 1. The maximum absolute atomic E-state index is 12.2. The molecule has 0 radical (unpaired) electrons. The molecule has 0 bridgehead atoms. The zero-order valence-corrected chi connectivity index (χ0v) is 14.2. The number of carbonyl (C=O) groups excluding carboxylic acids is 1. The van der Waals surface area contributed by atoms with Gasteiger partial charge in [0.1, 0.15) is 0 Å². The zero-order valence-electron chi connectivity index (χ0n) is 12.5. The van der Waals surface area contributed by atoms with Crippen molar-refractivity contribution in [3.05, 3.63) is 30.3 Å². The van der Waals surface area contributed by atoms with E-state index in [1.807, 2.05) is 31.7 Å². The molecule has 0 saturated carbocycles. The van der Waals surface area contributed by atoms with Gasteiger partial charge in [0, 0.05) is 0 Å². The number of rotatable bonds is 3. The van der Waals surface area contributed by atoms with E-state index < -0.39 is 5.60 Å². The minimum absolute atomic E-state index is 0.149. The van der Waals surface area contributed by atoms with E-state index >= 15 is 0 Å².